The van der Waals surface area contributed by atoms with Crippen LogP contribution in [-0.2, 0) is 4.79 Å². The summed E-state index contributed by atoms with van der Waals surface area (Å²) in [6.45, 7) is 8.19. The minimum Gasteiger partial charge on any atom is -0.351 e. The lowest BCUT2D eigenvalue weighted by atomic mass is 9.95. The van der Waals surface area contributed by atoms with E-state index in [4.69, 9.17) is 5.73 Å². The molecule has 0 spiro atoms. The molecule has 0 aliphatic heterocycles. The molecule has 0 aromatic rings. The van der Waals surface area contributed by atoms with Crippen molar-refractivity contribution in [3.8, 4) is 0 Å². The molecule has 0 bridgehead atoms. The van der Waals surface area contributed by atoms with Gasteiger partial charge in [-0.2, -0.15) is 0 Å². The molecular weight excluding hydrogens is 212 g/mol. The molecule has 1 amide bonds. The molecule has 15 heavy (non-hydrogen) atoms. The first-order valence-corrected chi connectivity index (χ1v) is 5.50. The zero-order valence-electron chi connectivity index (χ0n) is 10.3. The molecule has 0 radical (unpaired) electrons. The van der Waals surface area contributed by atoms with Gasteiger partial charge in [-0.25, -0.2) is 0 Å². The van der Waals surface area contributed by atoms with Crippen LogP contribution in [0.3, 0.4) is 0 Å². The van der Waals surface area contributed by atoms with Crippen LogP contribution in [0.15, 0.2) is 0 Å². The van der Waals surface area contributed by atoms with Crippen LogP contribution in [-0.4, -0.2) is 17.5 Å². The standard InChI is InChI=1S/C11H24N2O.ClH/c1-5-11(4,6-2)13-10(14)8-7-9(3)12;/h9H,5-8,12H2,1-4H3,(H,13,14);1H. The Bertz CT molecular complexity index is 179. The second-order valence-electron chi connectivity index (χ2n) is 4.33. The van der Waals surface area contributed by atoms with Crippen LogP contribution >= 0.6 is 12.4 Å². The maximum Gasteiger partial charge on any atom is 0.220 e. The van der Waals surface area contributed by atoms with Crippen LogP contribution in [0.2, 0.25) is 0 Å². The number of halogens is 1. The van der Waals surface area contributed by atoms with Crippen LogP contribution in [0.5, 0.6) is 0 Å². The van der Waals surface area contributed by atoms with Crippen molar-refractivity contribution in [3.63, 3.8) is 0 Å². The van der Waals surface area contributed by atoms with E-state index in [2.05, 4.69) is 26.1 Å². The van der Waals surface area contributed by atoms with Crippen molar-refractivity contribution >= 4 is 18.3 Å². The number of hydrogen-bond donors (Lipinski definition) is 2. The monoisotopic (exact) mass is 236 g/mol. The summed E-state index contributed by atoms with van der Waals surface area (Å²) in [6.07, 6.45) is 3.23. The molecule has 4 heteroatoms. The fraction of sp³-hybridized carbons (Fsp3) is 0.909. The molecule has 1 atom stereocenters. The van der Waals surface area contributed by atoms with Crippen LogP contribution in [0.1, 0.15) is 53.4 Å². The Balaban J connectivity index is 0. The highest BCUT2D eigenvalue weighted by Crippen LogP contribution is 2.13. The highest BCUT2D eigenvalue weighted by molar-refractivity contribution is 5.85. The van der Waals surface area contributed by atoms with E-state index in [1.165, 1.54) is 0 Å². The topological polar surface area (TPSA) is 55.1 Å². The number of amides is 1. The van der Waals surface area contributed by atoms with Gasteiger partial charge in [0, 0.05) is 18.0 Å². The number of rotatable bonds is 6. The normalized spacial score (nSPS) is 12.9. The number of nitrogens with two attached hydrogens (primary N) is 1. The quantitative estimate of drug-likeness (QED) is 0.743. The zero-order chi connectivity index (χ0) is 11.2. The van der Waals surface area contributed by atoms with Crippen molar-refractivity contribution in [1.82, 2.24) is 5.32 Å². The van der Waals surface area contributed by atoms with E-state index in [9.17, 15) is 4.79 Å². The predicted molar refractivity (Wildman–Crippen MR) is 67.3 cm³/mol. The van der Waals surface area contributed by atoms with Crippen molar-refractivity contribution in [2.75, 3.05) is 0 Å². The Labute approximate surface area is 99.6 Å². The molecule has 0 rings (SSSR count). The number of carbonyl (C=O) groups excluding carboxylic acids is 1. The van der Waals surface area contributed by atoms with Gasteiger partial charge in [0.25, 0.3) is 0 Å². The second kappa shape index (κ2) is 7.94. The molecule has 0 fully saturated rings. The molecule has 0 aromatic heterocycles. The van der Waals surface area contributed by atoms with Crippen LogP contribution in [0, 0.1) is 0 Å². The van der Waals surface area contributed by atoms with Gasteiger partial charge in [0.2, 0.25) is 5.91 Å². The first-order chi connectivity index (χ1) is 6.43. The average molecular weight is 237 g/mol. The molecule has 1 unspecified atom stereocenters. The summed E-state index contributed by atoms with van der Waals surface area (Å²) in [5, 5.41) is 3.05. The summed E-state index contributed by atoms with van der Waals surface area (Å²) in [5.74, 6) is 0.119. The molecule has 3 nitrogen and oxygen atoms in total. The van der Waals surface area contributed by atoms with Crippen LogP contribution in [0.4, 0.5) is 0 Å². The van der Waals surface area contributed by atoms with E-state index >= 15 is 0 Å². The van der Waals surface area contributed by atoms with E-state index < -0.39 is 0 Å². The van der Waals surface area contributed by atoms with Gasteiger partial charge in [0.1, 0.15) is 0 Å². The maximum atomic E-state index is 11.5. The highest BCUT2D eigenvalue weighted by atomic mass is 35.5. The molecule has 0 saturated heterocycles. The van der Waals surface area contributed by atoms with Crippen molar-refractivity contribution in [2.24, 2.45) is 5.73 Å². The van der Waals surface area contributed by atoms with Crippen molar-refractivity contribution < 1.29 is 4.79 Å². The third-order valence-corrected chi connectivity index (χ3v) is 2.83. The first-order valence-electron chi connectivity index (χ1n) is 5.50. The summed E-state index contributed by atoms with van der Waals surface area (Å²) < 4.78 is 0. The van der Waals surface area contributed by atoms with Gasteiger partial charge in [-0.1, -0.05) is 13.8 Å². The van der Waals surface area contributed by atoms with Gasteiger partial charge < -0.3 is 11.1 Å². The lowest BCUT2D eigenvalue weighted by molar-refractivity contribution is -0.123. The molecule has 0 aliphatic carbocycles. The van der Waals surface area contributed by atoms with E-state index in [1.54, 1.807) is 0 Å². The zero-order valence-corrected chi connectivity index (χ0v) is 11.1. The minimum absolute atomic E-state index is 0. The first kappa shape index (κ1) is 17.1. The SMILES string of the molecule is CCC(C)(CC)NC(=O)CCC(C)N.Cl. The lowest BCUT2D eigenvalue weighted by Gasteiger charge is -2.28. The van der Waals surface area contributed by atoms with E-state index in [0.717, 1.165) is 19.3 Å². The van der Waals surface area contributed by atoms with Gasteiger partial charge in [-0.15, -0.1) is 12.4 Å². The summed E-state index contributed by atoms with van der Waals surface area (Å²) in [5.41, 5.74) is 5.54. The fourth-order valence-electron chi connectivity index (χ4n) is 1.18. The van der Waals surface area contributed by atoms with E-state index in [1.807, 2.05) is 6.92 Å². The summed E-state index contributed by atoms with van der Waals surface area (Å²) >= 11 is 0. The predicted octanol–water partition coefficient (Wildman–Crippen LogP) is 2.23. The largest absolute Gasteiger partial charge is 0.351 e. The Hall–Kier alpha value is -0.280. The van der Waals surface area contributed by atoms with E-state index in [-0.39, 0.29) is 29.9 Å². The smallest absolute Gasteiger partial charge is 0.220 e. The fourth-order valence-corrected chi connectivity index (χ4v) is 1.18. The third-order valence-electron chi connectivity index (χ3n) is 2.83. The van der Waals surface area contributed by atoms with E-state index in [0.29, 0.717) is 6.42 Å². The van der Waals surface area contributed by atoms with Gasteiger partial charge in [-0.05, 0) is 33.1 Å². The summed E-state index contributed by atoms with van der Waals surface area (Å²) in [4.78, 5) is 11.5. The van der Waals surface area contributed by atoms with Crippen LogP contribution in [0.25, 0.3) is 0 Å². The summed E-state index contributed by atoms with van der Waals surface area (Å²) in [7, 11) is 0. The van der Waals surface area contributed by atoms with Gasteiger partial charge in [0.05, 0.1) is 0 Å². The van der Waals surface area contributed by atoms with Gasteiger partial charge in [0.15, 0.2) is 0 Å². The molecular formula is C11H25ClN2O. The maximum absolute atomic E-state index is 11.5. The average Bonchev–Trinajstić information content (AvgIpc) is 2.14. The Morgan fingerprint density at radius 2 is 1.87 bits per heavy atom. The van der Waals surface area contributed by atoms with Crippen molar-refractivity contribution in [1.29, 1.82) is 0 Å². The molecule has 0 aromatic carbocycles. The molecule has 0 heterocycles. The Morgan fingerprint density at radius 1 is 1.40 bits per heavy atom. The molecule has 3 N–H and O–H groups in total. The molecule has 92 valence electrons. The summed E-state index contributed by atoms with van der Waals surface area (Å²) in [6, 6.07) is 0.107. The van der Waals surface area contributed by atoms with Gasteiger partial charge >= 0.3 is 0 Å². The highest BCUT2D eigenvalue weighted by Gasteiger charge is 2.21. The molecule has 0 aliphatic rings. The third kappa shape index (κ3) is 7.63. The van der Waals surface area contributed by atoms with Crippen LogP contribution < -0.4 is 11.1 Å². The molecule has 0 saturated carbocycles. The van der Waals surface area contributed by atoms with Crippen molar-refractivity contribution in [2.45, 2.75) is 65.0 Å². The number of carbonyl (C=O) groups is 1. The second-order valence-corrected chi connectivity index (χ2v) is 4.33. The minimum atomic E-state index is -0.0467. The number of nitrogens with one attached hydrogen (secondary N) is 1. The van der Waals surface area contributed by atoms with Crippen molar-refractivity contribution in [3.05, 3.63) is 0 Å². The number of hydrogen-bond acceptors (Lipinski definition) is 2. The lowest BCUT2D eigenvalue weighted by Crippen LogP contribution is -2.45. The van der Waals surface area contributed by atoms with Gasteiger partial charge in [-0.3, -0.25) is 4.79 Å². The Morgan fingerprint density at radius 3 is 2.20 bits per heavy atom. The Kier molecular flexibility index (Phi) is 9.07.